The molecule has 4 rings (SSSR count). The van der Waals surface area contributed by atoms with E-state index in [0.717, 1.165) is 25.1 Å². The van der Waals surface area contributed by atoms with Gasteiger partial charge in [0.1, 0.15) is 5.75 Å². The maximum Gasteiger partial charge on any atom is 0.241 e. The first-order valence-electron chi connectivity index (χ1n) is 10.4. The first-order chi connectivity index (χ1) is 13.4. The Morgan fingerprint density at radius 1 is 1.25 bits per heavy atom. The number of fused-ring (bicyclic) bond motifs is 4. The number of piperidine rings is 1. The molecule has 0 aromatic heterocycles. The number of para-hydroxylation sites is 1. The summed E-state index contributed by atoms with van der Waals surface area (Å²) < 4.78 is 0. The number of carbonyl (C=O) groups excluding carboxylic acids is 1. The Labute approximate surface area is 167 Å². The van der Waals surface area contributed by atoms with Gasteiger partial charge in [0.2, 0.25) is 5.91 Å². The summed E-state index contributed by atoms with van der Waals surface area (Å²) in [6.07, 6.45) is 1.95. The van der Waals surface area contributed by atoms with E-state index in [0.29, 0.717) is 30.8 Å². The Bertz CT molecular complexity index is 866. The molecule has 1 amide bonds. The fraction of sp³-hybridized carbons (Fsp3) is 0.458. The second kappa shape index (κ2) is 7.25. The van der Waals surface area contributed by atoms with Crippen LogP contribution in [0.15, 0.2) is 48.5 Å². The number of hydrogen-bond acceptors (Lipinski definition) is 3. The summed E-state index contributed by atoms with van der Waals surface area (Å²) in [4.78, 5) is 17.4. The van der Waals surface area contributed by atoms with Gasteiger partial charge in [-0.1, -0.05) is 38.1 Å². The first kappa shape index (κ1) is 19.0. The average Bonchev–Trinajstić information content (AvgIpc) is 2.69. The smallest absolute Gasteiger partial charge is 0.241 e. The molecule has 28 heavy (non-hydrogen) atoms. The predicted molar refractivity (Wildman–Crippen MR) is 113 cm³/mol. The number of likely N-dealkylation sites (N-methyl/N-ethyl adjacent to an activating group) is 1. The maximum absolute atomic E-state index is 13.1. The van der Waals surface area contributed by atoms with Gasteiger partial charge in [-0.3, -0.25) is 9.69 Å². The van der Waals surface area contributed by atoms with Gasteiger partial charge in [0.25, 0.3) is 0 Å². The molecule has 0 spiro atoms. The van der Waals surface area contributed by atoms with Crippen molar-refractivity contribution < 1.29 is 9.90 Å². The minimum absolute atomic E-state index is 0.0560. The van der Waals surface area contributed by atoms with Crippen molar-refractivity contribution in [3.05, 3.63) is 59.7 Å². The van der Waals surface area contributed by atoms with Gasteiger partial charge in [-0.25, -0.2) is 0 Å². The first-order valence-corrected chi connectivity index (χ1v) is 10.4. The summed E-state index contributed by atoms with van der Waals surface area (Å²) in [5, 5.41) is 9.99. The van der Waals surface area contributed by atoms with E-state index in [2.05, 4.69) is 24.8 Å². The molecule has 1 aliphatic carbocycles. The third-order valence-electron chi connectivity index (χ3n) is 7.13. The van der Waals surface area contributed by atoms with Crippen molar-refractivity contribution in [1.82, 2.24) is 4.90 Å². The van der Waals surface area contributed by atoms with E-state index >= 15 is 0 Å². The van der Waals surface area contributed by atoms with Crippen LogP contribution in [0, 0.1) is 5.92 Å². The van der Waals surface area contributed by atoms with Gasteiger partial charge in [-0.05, 0) is 73.0 Å². The van der Waals surface area contributed by atoms with E-state index in [9.17, 15) is 9.90 Å². The molecule has 2 aromatic rings. The van der Waals surface area contributed by atoms with Crippen LogP contribution in [-0.2, 0) is 16.6 Å². The van der Waals surface area contributed by atoms with E-state index in [1.807, 2.05) is 48.2 Å². The highest BCUT2D eigenvalue weighted by Gasteiger charge is 2.48. The fourth-order valence-electron chi connectivity index (χ4n) is 5.26. The van der Waals surface area contributed by atoms with Crippen LogP contribution < -0.4 is 4.90 Å². The van der Waals surface area contributed by atoms with E-state index in [1.54, 1.807) is 6.07 Å². The minimum atomic E-state index is 0.0560. The zero-order valence-corrected chi connectivity index (χ0v) is 17.1. The average molecular weight is 379 g/mol. The molecular formula is C24H30N2O2. The standard InChI is InChI=1S/C24H30N2O2/c1-4-26(19-8-6-5-7-9-19)23(28)16-25-13-12-24(3)17(2)22(25)14-18-10-11-20(27)15-21(18)24/h5-11,15,17,22,27H,4,12-14,16H2,1-3H3/t17-,22+,24-/m1/s1. The lowest BCUT2D eigenvalue weighted by atomic mass is 9.59. The molecular weight excluding hydrogens is 348 g/mol. The Balaban J connectivity index is 1.57. The van der Waals surface area contributed by atoms with Gasteiger partial charge in [0.05, 0.1) is 6.54 Å². The van der Waals surface area contributed by atoms with Crippen LogP contribution in [0.1, 0.15) is 38.3 Å². The Morgan fingerprint density at radius 3 is 2.71 bits per heavy atom. The number of likely N-dealkylation sites (tertiary alicyclic amines) is 1. The van der Waals surface area contributed by atoms with Crippen molar-refractivity contribution in [3.63, 3.8) is 0 Å². The molecule has 1 fully saturated rings. The number of hydrogen-bond donors (Lipinski definition) is 1. The highest BCUT2D eigenvalue weighted by molar-refractivity contribution is 5.94. The minimum Gasteiger partial charge on any atom is -0.508 e. The number of aromatic hydroxyl groups is 1. The van der Waals surface area contributed by atoms with Crippen LogP contribution >= 0.6 is 0 Å². The lowest BCUT2D eigenvalue weighted by Gasteiger charge is -2.54. The molecule has 4 heteroatoms. The molecule has 1 N–H and O–H groups in total. The summed E-state index contributed by atoms with van der Waals surface area (Å²) >= 11 is 0. The van der Waals surface area contributed by atoms with Crippen molar-refractivity contribution in [3.8, 4) is 5.75 Å². The number of amides is 1. The number of nitrogens with zero attached hydrogens (tertiary/aromatic N) is 2. The molecule has 2 aliphatic rings. The van der Waals surface area contributed by atoms with E-state index in [-0.39, 0.29) is 11.3 Å². The van der Waals surface area contributed by atoms with Crippen molar-refractivity contribution >= 4 is 11.6 Å². The zero-order valence-electron chi connectivity index (χ0n) is 17.1. The summed E-state index contributed by atoms with van der Waals surface area (Å²) in [5.41, 5.74) is 3.63. The van der Waals surface area contributed by atoms with E-state index in [4.69, 9.17) is 0 Å². The van der Waals surface area contributed by atoms with E-state index in [1.165, 1.54) is 11.1 Å². The predicted octanol–water partition coefficient (Wildman–Crippen LogP) is 3.97. The Morgan fingerprint density at radius 2 is 2.00 bits per heavy atom. The van der Waals surface area contributed by atoms with Crippen molar-refractivity contribution in [2.24, 2.45) is 5.92 Å². The number of rotatable bonds is 4. The van der Waals surface area contributed by atoms with Gasteiger partial charge in [-0.15, -0.1) is 0 Å². The van der Waals surface area contributed by atoms with Crippen molar-refractivity contribution in [1.29, 1.82) is 0 Å². The third kappa shape index (κ3) is 3.10. The van der Waals surface area contributed by atoms with Crippen molar-refractivity contribution in [2.75, 3.05) is 24.5 Å². The quantitative estimate of drug-likeness (QED) is 0.875. The summed E-state index contributed by atoms with van der Waals surface area (Å²) in [7, 11) is 0. The van der Waals surface area contributed by atoms with Gasteiger partial charge < -0.3 is 10.0 Å². The summed E-state index contributed by atoms with van der Waals surface area (Å²) in [6.45, 7) is 8.72. The second-order valence-corrected chi connectivity index (χ2v) is 8.51. The molecule has 1 aliphatic heterocycles. The van der Waals surface area contributed by atoms with Crippen LogP contribution in [0.2, 0.25) is 0 Å². The topological polar surface area (TPSA) is 43.8 Å². The largest absolute Gasteiger partial charge is 0.508 e. The highest BCUT2D eigenvalue weighted by atomic mass is 16.3. The number of phenolic OH excluding ortho intramolecular Hbond substituents is 1. The van der Waals surface area contributed by atoms with Crippen molar-refractivity contribution in [2.45, 2.75) is 45.1 Å². The molecule has 1 saturated heterocycles. The maximum atomic E-state index is 13.1. The normalized spacial score (nSPS) is 26.5. The molecule has 148 valence electrons. The fourth-order valence-corrected chi connectivity index (χ4v) is 5.26. The van der Waals surface area contributed by atoms with Gasteiger partial charge in [-0.2, -0.15) is 0 Å². The number of benzene rings is 2. The summed E-state index contributed by atoms with van der Waals surface area (Å²) in [6, 6.07) is 16.1. The lowest BCUT2D eigenvalue weighted by Crippen LogP contribution is -2.59. The number of anilines is 1. The van der Waals surface area contributed by atoms with Crippen LogP contribution in [-0.4, -0.2) is 41.6 Å². The van der Waals surface area contributed by atoms with Gasteiger partial charge in [0.15, 0.2) is 0 Å². The zero-order chi connectivity index (χ0) is 19.9. The Hall–Kier alpha value is -2.33. The molecule has 4 nitrogen and oxygen atoms in total. The molecule has 3 atom stereocenters. The van der Waals surface area contributed by atoms with Crippen LogP contribution in [0.4, 0.5) is 5.69 Å². The van der Waals surface area contributed by atoms with Crippen LogP contribution in [0.5, 0.6) is 5.75 Å². The molecule has 0 unspecified atom stereocenters. The van der Waals surface area contributed by atoms with Crippen LogP contribution in [0.3, 0.4) is 0 Å². The SMILES string of the molecule is CCN(C(=O)CN1CC[C@@]2(C)c3cc(O)ccc3C[C@H]1[C@H]2C)c1ccccc1. The van der Waals surface area contributed by atoms with Gasteiger partial charge in [0, 0.05) is 18.3 Å². The number of carbonyl (C=O) groups is 1. The third-order valence-corrected chi connectivity index (χ3v) is 7.13. The molecule has 2 bridgehead atoms. The summed E-state index contributed by atoms with van der Waals surface area (Å²) in [5.74, 6) is 0.959. The molecule has 0 saturated carbocycles. The molecule has 1 heterocycles. The number of phenols is 1. The molecule has 0 radical (unpaired) electrons. The second-order valence-electron chi connectivity index (χ2n) is 8.51. The van der Waals surface area contributed by atoms with E-state index < -0.39 is 0 Å². The monoisotopic (exact) mass is 378 g/mol. The van der Waals surface area contributed by atoms with Crippen LogP contribution in [0.25, 0.3) is 0 Å². The molecule has 2 aromatic carbocycles. The lowest BCUT2D eigenvalue weighted by molar-refractivity contribution is -0.121. The highest BCUT2D eigenvalue weighted by Crippen LogP contribution is 2.49. The van der Waals surface area contributed by atoms with Gasteiger partial charge >= 0.3 is 0 Å². The Kier molecular flexibility index (Phi) is 4.92.